The topological polar surface area (TPSA) is 37.0 Å². The van der Waals surface area contributed by atoms with Crippen molar-refractivity contribution in [1.29, 1.82) is 0 Å². The molecule has 3 heteroatoms. The molecule has 0 aliphatic carbocycles. The van der Waals surface area contributed by atoms with Gasteiger partial charge in [0.15, 0.2) is 0 Å². The smallest absolute Gasteiger partial charge is 0.120 e. The number of benzene rings is 1. The van der Waals surface area contributed by atoms with Crippen LogP contribution in [0.5, 0.6) is 5.75 Å². The maximum Gasteiger partial charge on any atom is 0.120 e. The zero-order valence-corrected chi connectivity index (χ0v) is 11.0. The Balaban J connectivity index is 2.10. The molecular formula is C15H20N2O. The van der Waals surface area contributed by atoms with Gasteiger partial charge < -0.3 is 15.0 Å². The lowest BCUT2D eigenvalue weighted by molar-refractivity contribution is 0.340. The molecule has 1 aliphatic heterocycles. The van der Waals surface area contributed by atoms with Crippen molar-refractivity contribution in [2.45, 2.75) is 26.2 Å². The fourth-order valence-corrected chi connectivity index (χ4v) is 3.01. The van der Waals surface area contributed by atoms with Crippen LogP contribution in [-0.2, 0) is 0 Å². The fraction of sp³-hybridized carbons (Fsp3) is 0.467. The molecule has 96 valence electrons. The lowest BCUT2D eigenvalue weighted by Gasteiger charge is -2.09. The van der Waals surface area contributed by atoms with E-state index in [1.165, 1.54) is 28.6 Å². The van der Waals surface area contributed by atoms with Gasteiger partial charge in [0.2, 0.25) is 0 Å². The van der Waals surface area contributed by atoms with E-state index in [2.05, 4.69) is 29.4 Å². The maximum absolute atomic E-state index is 5.61. The molecule has 0 amide bonds. The Labute approximate surface area is 108 Å². The van der Waals surface area contributed by atoms with Crippen LogP contribution in [0.4, 0.5) is 0 Å². The highest BCUT2D eigenvalue weighted by Gasteiger charge is 2.22. The second kappa shape index (κ2) is 4.65. The first kappa shape index (κ1) is 11.6. The third-order valence-corrected chi connectivity index (χ3v) is 3.79. The summed E-state index contributed by atoms with van der Waals surface area (Å²) in [6.45, 7) is 7.13. The summed E-state index contributed by atoms with van der Waals surface area (Å²) in [4.78, 5) is 3.49. The first-order chi connectivity index (χ1) is 8.79. The molecule has 1 aliphatic rings. The Morgan fingerprint density at radius 1 is 1.39 bits per heavy atom. The van der Waals surface area contributed by atoms with Crippen LogP contribution in [0.25, 0.3) is 10.9 Å². The summed E-state index contributed by atoms with van der Waals surface area (Å²) in [5.74, 6) is 1.60. The number of aromatic amines is 1. The van der Waals surface area contributed by atoms with Gasteiger partial charge in [-0.05, 0) is 56.5 Å². The number of ether oxygens (including phenoxy) is 1. The molecule has 3 nitrogen and oxygen atoms in total. The standard InChI is InChI=1S/C15H20N2O/c1-3-18-12-4-5-14-13(8-12)15(10(2)17-14)11-6-7-16-9-11/h4-5,8,11,16-17H,3,6-7,9H2,1-2H3. The highest BCUT2D eigenvalue weighted by atomic mass is 16.5. The summed E-state index contributed by atoms with van der Waals surface area (Å²) in [7, 11) is 0. The van der Waals surface area contributed by atoms with E-state index in [9.17, 15) is 0 Å². The van der Waals surface area contributed by atoms with Crippen LogP contribution in [0.15, 0.2) is 18.2 Å². The second-order valence-electron chi connectivity index (χ2n) is 4.99. The fourth-order valence-electron chi connectivity index (χ4n) is 3.01. The maximum atomic E-state index is 5.61. The molecule has 1 unspecified atom stereocenters. The van der Waals surface area contributed by atoms with E-state index in [0.29, 0.717) is 5.92 Å². The zero-order chi connectivity index (χ0) is 12.5. The summed E-state index contributed by atoms with van der Waals surface area (Å²) >= 11 is 0. The van der Waals surface area contributed by atoms with Crippen LogP contribution in [0.1, 0.15) is 30.5 Å². The quantitative estimate of drug-likeness (QED) is 0.871. The summed E-state index contributed by atoms with van der Waals surface area (Å²) < 4.78 is 5.61. The average molecular weight is 244 g/mol. The zero-order valence-electron chi connectivity index (χ0n) is 11.0. The molecule has 18 heavy (non-hydrogen) atoms. The number of hydrogen-bond acceptors (Lipinski definition) is 2. The van der Waals surface area contributed by atoms with Crippen molar-refractivity contribution in [2.75, 3.05) is 19.7 Å². The molecule has 1 aromatic carbocycles. The minimum atomic E-state index is 0.635. The van der Waals surface area contributed by atoms with Gasteiger partial charge in [-0.3, -0.25) is 0 Å². The lowest BCUT2D eigenvalue weighted by Crippen LogP contribution is -2.08. The molecule has 2 aromatic rings. The van der Waals surface area contributed by atoms with Crippen LogP contribution >= 0.6 is 0 Å². The van der Waals surface area contributed by atoms with Gasteiger partial charge in [-0.1, -0.05) is 0 Å². The number of nitrogens with one attached hydrogen (secondary N) is 2. The number of H-pyrrole nitrogens is 1. The van der Waals surface area contributed by atoms with Crippen molar-refractivity contribution in [1.82, 2.24) is 10.3 Å². The van der Waals surface area contributed by atoms with Crippen LogP contribution in [0.2, 0.25) is 0 Å². The average Bonchev–Trinajstić information content (AvgIpc) is 2.95. The number of fused-ring (bicyclic) bond motifs is 1. The van der Waals surface area contributed by atoms with E-state index in [0.717, 1.165) is 25.4 Å². The van der Waals surface area contributed by atoms with Crippen molar-refractivity contribution >= 4 is 10.9 Å². The largest absolute Gasteiger partial charge is 0.494 e. The highest BCUT2D eigenvalue weighted by Crippen LogP contribution is 2.34. The highest BCUT2D eigenvalue weighted by molar-refractivity contribution is 5.86. The van der Waals surface area contributed by atoms with Gasteiger partial charge in [-0.15, -0.1) is 0 Å². The first-order valence-electron chi connectivity index (χ1n) is 6.75. The first-order valence-corrected chi connectivity index (χ1v) is 6.75. The molecule has 0 spiro atoms. The van der Waals surface area contributed by atoms with Crippen LogP contribution in [0, 0.1) is 6.92 Å². The van der Waals surface area contributed by atoms with Gasteiger partial charge in [0.05, 0.1) is 6.61 Å². The second-order valence-corrected chi connectivity index (χ2v) is 4.99. The molecule has 0 radical (unpaired) electrons. The predicted octanol–water partition coefficient (Wildman–Crippen LogP) is 2.95. The lowest BCUT2D eigenvalue weighted by atomic mass is 9.95. The van der Waals surface area contributed by atoms with Crippen molar-refractivity contribution < 1.29 is 4.74 Å². The van der Waals surface area contributed by atoms with Gasteiger partial charge in [-0.25, -0.2) is 0 Å². The normalized spacial score (nSPS) is 19.6. The summed E-state index contributed by atoms with van der Waals surface area (Å²) in [6.07, 6.45) is 1.23. The Morgan fingerprint density at radius 3 is 3.00 bits per heavy atom. The predicted molar refractivity (Wildman–Crippen MR) is 74.4 cm³/mol. The van der Waals surface area contributed by atoms with E-state index < -0.39 is 0 Å². The SMILES string of the molecule is CCOc1ccc2[nH]c(C)c(C3CCNC3)c2c1. The van der Waals surface area contributed by atoms with E-state index in [4.69, 9.17) is 4.74 Å². The summed E-state index contributed by atoms with van der Waals surface area (Å²) in [6, 6.07) is 6.34. The number of aryl methyl sites for hydroxylation is 1. The summed E-state index contributed by atoms with van der Waals surface area (Å²) in [5, 5.41) is 4.77. The van der Waals surface area contributed by atoms with Crippen LogP contribution in [0.3, 0.4) is 0 Å². The van der Waals surface area contributed by atoms with E-state index in [1.54, 1.807) is 0 Å². The van der Waals surface area contributed by atoms with Crippen molar-refractivity contribution in [3.63, 3.8) is 0 Å². The monoisotopic (exact) mass is 244 g/mol. The minimum Gasteiger partial charge on any atom is -0.494 e. The van der Waals surface area contributed by atoms with Gasteiger partial charge in [-0.2, -0.15) is 0 Å². The Kier molecular flexibility index (Phi) is 3.00. The van der Waals surface area contributed by atoms with E-state index >= 15 is 0 Å². The van der Waals surface area contributed by atoms with Crippen molar-refractivity contribution in [2.24, 2.45) is 0 Å². The van der Waals surface area contributed by atoms with Crippen molar-refractivity contribution in [3.8, 4) is 5.75 Å². The van der Waals surface area contributed by atoms with Gasteiger partial charge >= 0.3 is 0 Å². The molecule has 2 heterocycles. The molecule has 2 N–H and O–H groups in total. The molecule has 1 atom stereocenters. The Morgan fingerprint density at radius 2 is 2.28 bits per heavy atom. The molecule has 1 saturated heterocycles. The molecule has 1 fully saturated rings. The number of aromatic nitrogens is 1. The number of hydrogen-bond donors (Lipinski definition) is 2. The number of rotatable bonds is 3. The molecule has 0 bridgehead atoms. The molecule has 1 aromatic heterocycles. The summed E-state index contributed by atoms with van der Waals surface area (Å²) in [5.41, 5.74) is 3.99. The van der Waals surface area contributed by atoms with Gasteiger partial charge in [0.25, 0.3) is 0 Å². The van der Waals surface area contributed by atoms with Gasteiger partial charge in [0.1, 0.15) is 5.75 Å². The van der Waals surface area contributed by atoms with Gasteiger partial charge in [0, 0.05) is 23.1 Å². The molecular weight excluding hydrogens is 224 g/mol. The minimum absolute atomic E-state index is 0.635. The van der Waals surface area contributed by atoms with Crippen molar-refractivity contribution in [3.05, 3.63) is 29.5 Å². The van der Waals surface area contributed by atoms with E-state index in [1.807, 2.05) is 13.0 Å². The third kappa shape index (κ3) is 1.89. The molecule has 0 saturated carbocycles. The Bertz CT molecular complexity index is 553. The van der Waals surface area contributed by atoms with Crippen LogP contribution in [-0.4, -0.2) is 24.7 Å². The third-order valence-electron chi connectivity index (χ3n) is 3.79. The Hall–Kier alpha value is -1.48. The van der Waals surface area contributed by atoms with Crippen LogP contribution < -0.4 is 10.1 Å². The van der Waals surface area contributed by atoms with E-state index in [-0.39, 0.29) is 0 Å². The molecule has 3 rings (SSSR count).